The largest absolute Gasteiger partial charge is 0.545 e. The zero-order valence-electron chi connectivity index (χ0n) is 13.3. The third-order valence-electron chi connectivity index (χ3n) is 3.74. The Bertz CT molecular complexity index is 1190. The molecule has 0 radical (unpaired) electrons. The van der Waals surface area contributed by atoms with Gasteiger partial charge in [0.15, 0.2) is 0 Å². The minimum absolute atomic E-state index is 0.0705. The number of H-pyrrole nitrogens is 1. The van der Waals surface area contributed by atoms with E-state index in [0.29, 0.717) is 16.6 Å². The van der Waals surface area contributed by atoms with Gasteiger partial charge in [-0.1, -0.05) is 30.8 Å². The van der Waals surface area contributed by atoms with Crippen LogP contribution in [0, 0.1) is 10.1 Å². The minimum Gasteiger partial charge on any atom is -0.545 e. The lowest BCUT2D eigenvalue weighted by molar-refractivity contribution is -0.384. The number of carbonyl (C=O) groups excluding carboxylic acids is 1. The van der Waals surface area contributed by atoms with Crippen LogP contribution in [0.4, 0.5) is 5.69 Å². The Hall–Kier alpha value is -3.94. The van der Waals surface area contributed by atoms with E-state index in [1.807, 2.05) is 0 Å². The Labute approximate surface area is 146 Å². The van der Waals surface area contributed by atoms with Gasteiger partial charge in [-0.05, 0) is 29.3 Å². The van der Waals surface area contributed by atoms with E-state index < -0.39 is 16.5 Å². The fourth-order valence-electron chi connectivity index (χ4n) is 2.49. The lowest BCUT2D eigenvalue weighted by Gasteiger charge is -2.05. The van der Waals surface area contributed by atoms with Crippen molar-refractivity contribution in [2.45, 2.75) is 0 Å². The molecule has 130 valence electrons. The van der Waals surface area contributed by atoms with Crippen LogP contribution in [0.15, 0.2) is 53.3 Å². The molecule has 0 aliphatic carbocycles. The number of carbonyl (C=O) groups is 1. The van der Waals surface area contributed by atoms with E-state index in [1.54, 1.807) is 12.1 Å². The van der Waals surface area contributed by atoms with E-state index in [1.165, 1.54) is 42.5 Å². The van der Waals surface area contributed by atoms with Gasteiger partial charge in [-0.25, -0.2) is 4.68 Å². The molecule has 0 aliphatic rings. The predicted octanol–water partition coefficient (Wildman–Crippen LogP) is -0.324. The summed E-state index contributed by atoms with van der Waals surface area (Å²) < 4.78 is 1.15. The Morgan fingerprint density at radius 1 is 1.19 bits per heavy atom. The van der Waals surface area contributed by atoms with Gasteiger partial charge in [-0.3, -0.25) is 20.0 Å². The van der Waals surface area contributed by atoms with Crippen molar-refractivity contribution in [3.8, 4) is 5.69 Å². The van der Waals surface area contributed by atoms with Crippen molar-refractivity contribution in [1.29, 1.82) is 0 Å². The summed E-state index contributed by atoms with van der Waals surface area (Å²) in [4.78, 5) is 34.0. The topological polar surface area (TPSA) is 121 Å². The number of hydrogen-bond donors (Lipinski definition) is 1. The highest BCUT2D eigenvalue weighted by Crippen LogP contribution is 2.13. The maximum absolute atomic E-state index is 12.7. The van der Waals surface area contributed by atoms with E-state index in [9.17, 15) is 24.8 Å². The number of carboxylic acid groups (broad SMARTS) is 1. The third-order valence-corrected chi connectivity index (χ3v) is 3.74. The van der Waals surface area contributed by atoms with Crippen molar-refractivity contribution in [1.82, 2.24) is 9.78 Å². The molecule has 0 bridgehead atoms. The van der Waals surface area contributed by atoms with Gasteiger partial charge >= 0.3 is 0 Å². The molecule has 0 fully saturated rings. The lowest BCUT2D eigenvalue weighted by atomic mass is 10.1. The Kier molecular flexibility index (Phi) is 4.24. The van der Waals surface area contributed by atoms with Gasteiger partial charge in [0.05, 0.1) is 27.1 Å². The number of hydrogen-bond acceptors (Lipinski definition) is 5. The molecule has 0 atom stereocenters. The molecule has 1 heterocycles. The number of aromatic amines is 1. The van der Waals surface area contributed by atoms with E-state index >= 15 is 0 Å². The Morgan fingerprint density at radius 3 is 2.62 bits per heavy atom. The summed E-state index contributed by atoms with van der Waals surface area (Å²) in [5.41, 5.74) is 0.147. The summed E-state index contributed by atoms with van der Waals surface area (Å²) in [7, 11) is 0. The summed E-state index contributed by atoms with van der Waals surface area (Å²) >= 11 is 0. The molecule has 8 nitrogen and oxygen atoms in total. The molecule has 0 aliphatic heterocycles. The lowest BCUT2D eigenvalue weighted by Crippen LogP contribution is -2.34. The first kappa shape index (κ1) is 16.9. The van der Waals surface area contributed by atoms with E-state index in [4.69, 9.17) is 0 Å². The summed E-state index contributed by atoms with van der Waals surface area (Å²) in [6.07, 6.45) is 1.48. The van der Waals surface area contributed by atoms with Gasteiger partial charge in [0.25, 0.3) is 11.2 Å². The number of benzene rings is 2. The summed E-state index contributed by atoms with van der Waals surface area (Å²) in [6.45, 7) is 3.77. The molecule has 3 rings (SSSR count). The molecule has 0 spiro atoms. The molecule has 2 aromatic carbocycles. The van der Waals surface area contributed by atoms with Crippen LogP contribution in [0.2, 0.25) is 0 Å². The molecule has 8 heteroatoms. The van der Waals surface area contributed by atoms with Crippen LogP contribution < -0.4 is 21.2 Å². The van der Waals surface area contributed by atoms with Crippen LogP contribution >= 0.6 is 0 Å². The quantitative estimate of drug-likeness (QED) is 0.510. The zero-order valence-corrected chi connectivity index (χ0v) is 13.3. The van der Waals surface area contributed by atoms with Crippen molar-refractivity contribution in [2.75, 3.05) is 0 Å². The number of aromatic carboxylic acids is 1. The summed E-state index contributed by atoms with van der Waals surface area (Å²) in [5.74, 6) is -1.36. The van der Waals surface area contributed by atoms with E-state index in [-0.39, 0.29) is 16.5 Å². The molecule has 3 aromatic rings. The van der Waals surface area contributed by atoms with E-state index in [0.717, 1.165) is 4.68 Å². The first-order valence-corrected chi connectivity index (χ1v) is 7.45. The zero-order chi connectivity index (χ0) is 18.8. The van der Waals surface area contributed by atoms with Gasteiger partial charge in [0.1, 0.15) is 0 Å². The monoisotopic (exact) mass is 350 g/mol. The number of nitro groups is 1. The maximum Gasteiger partial charge on any atom is 0.279 e. The van der Waals surface area contributed by atoms with Gasteiger partial charge in [0, 0.05) is 12.1 Å². The van der Waals surface area contributed by atoms with Gasteiger partial charge in [0.2, 0.25) is 0 Å². The van der Waals surface area contributed by atoms with Crippen molar-refractivity contribution in [3.05, 3.63) is 90.7 Å². The normalized spacial score (nSPS) is 11.5. The van der Waals surface area contributed by atoms with Gasteiger partial charge in [-0.2, -0.15) is 0 Å². The highest BCUT2D eigenvalue weighted by atomic mass is 16.6. The Morgan fingerprint density at radius 2 is 1.92 bits per heavy atom. The highest BCUT2D eigenvalue weighted by Gasteiger charge is 2.08. The van der Waals surface area contributed by atoms with Crippen LogP contribution in [0.1, 0.15) is 15.9 Å². The second kappa shape index (κ2) is 6.52. The smallest absolute Gasteiger partial charge is 0.279 e. The van der Waals surface area contributed by atoms with Crippen LogP contribution in [-0.4, -0.2) is 20.7 Å². The van der Waals surface area contributed by atoms with Crippen molar-refractivity contribution in [3.63, 3.8) is 0 Å². The predicted molar refractivity (Wildman–Crippen MR) is 92.2 cm³/mol. The average molecular weight is 350 g/mol. The molecule has 0 unspecified atom stereocenters. The first-order valence-electron chi connectivity index (χ1n) is 7.45. The molecule has 1 N–H and O–H groups in total. The number of rotatable bonds is 4. The van der Waals surface area contributed by atoms with Crippen molar-refractivity contribution in [2.24, 2.45) is 0 Å². The maximum atomic E-state index is 12.7. The fraction of sp³-hybridized carbons (Fsp3) is 0. The third kappa shape index (κ3) is 3.16. The van der Waals surface area contributed by atoms with E-state index in [2.05, 4.69) is 11.7 Å². The molecule has 1 aromatic heterocycles. The number of nitro benzene ring substituents is 1. The summed E-state index contributed by atoms with van der Waals surface area (Å²) in [5, 5.41) is 25.1. The molecule has 0 amide bonds. The highest BCUT2D eigenvalue weighted by molar-refractivity contribution is 5.86. The molecule has 0 saturated carbocycles. The van der Waals surface area contributed by atoms with Crippen LogP contribution in [0.3, 0.4) is 0 Å². The van der Waals surface area contributed by atoms with Gasteiger partial charge in [-0.15, -0.1) is 0 Å². The van der Waals surface area contributed by atoms with Crippen LogP contribution in [0.25, 0.3) is 18.3 Å². The molecular weight excluding hydrogens is 338 g/mol. The van der Waals surface area contributed by atoms with Crippen LogP contribution in [0.5, 0.6) is 0 Å². The molecule has 0 saturated heterocycles. The number of nitrogens with one attached hydrogen (secondary N) is 1. The number of nitrogens with zero attached hydrogens (tertiary/aromatic N) is 2. The molecule has 26 heavy (non-hydrogen) atoms. The standard InChI is InChI=1S/C18H13N3O5/c1-11-16(9-12-4-2-7-15(8-12)21(25)26)17(22)20(19-11)14-6-3-5-13(10-14)18(23)24/h2-10,19H,1H2,(H,23,24)/p-1/b16-9-. The SMILES string of the molecule is C=c1[nH]n(-c2cccc(C(=O)[O-])c2)c(=O)/c1=C\c1cccc([N+](=O)[O-])c1. The minimum atomic E-state index is -1.36. The second-order valence-electron chi connectivity index (χ2n) is 5.48. The van der Waals surface area contributed by atoms with Gasteiger partial charge < -0.3 is 9.90 Å². The first-order chi connectivity index (χ1) is 12.4. The number of non-ortho nitro benzene ring substituents is 1. The van der Waals surface area contributed by atoms with Crippen molar-refractivity contribution >= 4 is 24.3 Å². The van der Waals surface area contributed by atoms with Crippen LogP contribution in [-0.2, 0) is 0 Å². The number of carboxylic acids is 1. The molecular formula is C18H12N3O5-. The average Bonchev–Trinajstić information content (AvgIpc) is 2.90. The Balaban J connectivity index is 2.15. The number of aromatic nitrogens is 2. The fourth-order valence-corrected chi connectivity index (χ4v) is 2.49. The van der Waals surface area contributed by atoms with Crippen molar-refractivity contribution < 1.29 is 14.8 Å². The summed E-state index contributed by atoms with van der Waals surface area (Å²) in [6, 6.07) is 11.5. The second-order valence-corrected chi connectivity index (χ2v) is 5.48.